The number of likely N-dealkylation sites (tertiary alicyclic amines) is 1. The Morgan fingerprint density at radius 3 is 2.50 bits per heavy atom. The first-order valence-corrected chi connectivity index (χ1v) is 5.19. The van der Waals surface area contributed by atoms with E-state index in [0.717, 1.165) is 6.42 Å². The van der Waals surface area contributed by atoms with E-state index in [1.807, 2.05) is 6.92 Å². The highest BCUT2D eigenvalue weighted by atomic mass is 16.3. The zero-order chi connectivity index (χ0) is 8.81. The monoisotopic (exact) mass is 171 g/mol. The molecule has 1 saturated heterocycles. The van der Waals surface area contributed by atoms with Crippen LogP contribution in [0.15, 0.2) is 0 Å². The lowest BCUT2D eigenvalue weighted by Crippen LogP contribution is -2.20. The molecule has 1 fully saturated rings. The molecule has 0 aromatic rings. The molecular weight excluding hydrogens is 150 g/mol. The Bertz CT molecular complexity index is 108. The Morgan fingerprint density at radius 2 is 1.92 bits per heavy atom. The van der Waals surface area contributed by atoms with Crippen molar-refractivity contribution < 1.29 is 5.11 Å². The van der Waals surface area contributed by atoms with E-state index in [1.165, 1.54) is 45.3 Å². The first-order valence-electron chi connectivity index (χ1n) is 5.19. The Labute approximate surface area is 75.6 Å². The van der Waals surface area contributed by atoms with Gasteiger partial charge in [0.15, 0.2) is 0 Å². The van der Waals surface area contributed by atoms with E-state index >= 15 is 0 Å². The van der Waals surface area contributed by atoms with E-state index in [0.29, 0.717) is 0 Å². The minimum absolute atomic E-state index is 0.108. The van der Waals surface area contributed by atoms with Crippen LogP contribution in [0.5, 0.6) is 0 Å². The fraction of sp³-hybridized carbons (Fsp3) is 1.00. The van der Waals surface area contributed by atoms with Crippen LogP contribution in [0, 0.1) is 0 Å². The maximum Gasteiger partial charge on any atom is 0.0512 e. The number of hydrogen-bond donors (Lipinski definition) is 1. The first-order chi connectivity index (χ1) is 5.79. The molecule has 0 aromatic heterocycles. The molecule has 1 rings (SSSR count). The van der Waals surface area contributed by atoms with Crippen molar-refractivity contribution in [1.82, 2.24) is 4.90 Å². The number of nitrogens with zero attached hydrogens (tertiary/aromatic N) is 1. The SMILES string of the molecule is C[C@H](O)CCCCN1CCCC1. The minimum Gasteiger partial charge on any atom is -0.393 e. The van der Waals surface area contributed by atoms with E-state index in [-0.39, 0.29) is 6.10 Å². The van der Waals surface area contributed by atoms with Crippen molar-refractivity contribution in [2.45, 2.75) is 45.1 Å². The van der Waals surface area contributed by atoms with Gasteiger partial charge in [0, 0.05) is 0 Å². The van der Waals surface area contributed by atoms with Gasteiger partial charge in [-0.25, -0.2) is 0 Å². The molecule has 1 heterocycles. The van der Waals surface area contributed by atoms with Crippen LogP contribution in [-0.2, 0) is 0 Å². The van der Waals surface area contributed by atoms with E-state index in [9.17, 15) is 0 Å². The second kappa shape index (κ2) is 5.55. The van der Waals surface area contributed by atoms with Crippen LogP contribution < -0.4 is 0 Å². The van der Waals surface area contributed by atoms with E-state index in [2.05, 4.69) is 4.90 Å². The van der Waals surface area contributed by atoms with Crippen LogP contribution >= 0.6 is 0 Å². The molecule has 1 aliphatic heterocycles. The van der Waals surface area contributed by atoms with Crippen LogP contribution in [0.25, 0.3) is 0 Å². The predicted molar refractivity (Wildman–Crippen MR) is 51.2 cm³/mol. The molecule has 0 radical (unpaired) electrons. The van der Waals surface area contributed by atoms with Crippen LogP contribution in [0.4, 0.5) is 0 Å². The lowest BCUT2D eigenvalue weighted by molar-refractivity contribution is 0.178. The normalized spacial score (nSPS) is 21.5. The number of aliphatic hydroxyl groups is 1. The first kappa shape index (κ1) is 10.0. The molecular formula is C10H21NO. The molecule has 12 heavy (non-hydrogen) atoms. The molecule has 1 atom stereocenters. The molecule has 0 unspecified atom stereocenters. The maximum absolute atomic E-state index is 9.03. The van der Waals surface area contributed by atoms with Gasteiger partial charge in [0.05, 0.1) is 6.10 Å². The van der Waals surface area contributed by atoms with Crippen LogP contribution in [0.2, 0.25) is 0 Å². The lowest BCUT2D eigenvalue weighted by Gasteiger charge is -2.14. The average Bonchev–Trinajstić information content (AvgIpc) is 2.49. The van der Waals surface area contributed by atoms with Gasteiger partial charge in [0.2, 0.25) is 0 Å². The van der Waals surface area contributed by atoms with Gasteiger partial charge in [-0.2, -0.15) is 0 Å². The standard InChI is InChI=1S/C10H21NO/c1-10(12)6-2-3-7-11-8-4-5-9-11/h10,12H,2-9H2,1H3/t10-/m0/s1. The fourth-order valence-corrected chi connectivity index (χ4v) is 1.78. The summed E-state index contributed by atoms with van der Waals surface area (Å²) in [6.45, 7) is 5.71. The third-order valence-electron chi connectivity index (χ3n) is 2.54. The molecule has 2 nitrogen and oxygen atoms in total. The van der Waals surface area contributed by atoms with Gasteiger partial charge < -0.3 is 10.0 Å². The van der Waals surface area contributed by atoms with Gasteiger partial charge in [0.25, 0.3) is 0 Å². The summed E-state index contributed by atoms with van der Waals surface area (Å²) in [4.78, 5) is 2.53. The number of hydrogen-bond acceptors (Lipinski definition) is 2. The maximum atomic E-state index is 9.03. The summed E-state index contributed by atoms with van der Waals surface area (Å²) in [5.41, 5.74) is 0. The van der Waals surface area contributed by atoms with Crippen molar-refractivity contribution in [3.05, 3.63) is 0 Å². The topological polar surface area (TPSA) is 23.5 Å². The third-order valence-corrected chi connectivity index (χ3v) is 2.54. The molecule has 0 aliphatic carbocycles. The number of aliphatic hydroxyl groups excluding tert-OH is 1. The zero-order valence-corrected chi connectivity index (χ0v) is 8.13. The van der Waals surface area contributed by atoms with E-state index in [4.69, 9.17) is 5.11 Å². The van der Waals surface area contributed by atoms with Crippen molar-refractivity contribution in [2.75, 3.05) is 19.6 Å². The van der Waals surface area contributed by atoms with Gasteiger partial charge in [-0.05, 0) is 58.7 Å². The Morgan fingerprint density at radius 1 is 1.25 bits per heavy atom. The smallest absolute Gasteiger partial charge is 0.0512 e. The van der Waals surface area contributed by atoms with Gasteiger partial charge in [-0.3, -0.25) is 0 Å². The number of rotatable bonds is 5. The highest BCUT2D eigenvalue weighted by molar-refractivity contribution is 4.65. The summed E-state index contributed by atoms with van der Waals surface area (Å²) in [6.07, 6.45) is 6.06. The second-order valence-corrected chi connectivity index (χ2v) is 3.89. The summed E-state index contributed by atoms with van der Waals surface area (Å²) >= 11 is 0. The Balaban J connectivity index is 1.88. The van der Waals surface area contributed by atoms with Crippen LogP contribution in [0.3, 0.4) is 0 Å². The zero-order valence-electron chi connectivity index (χ0n) is 8.13. The molecule has 2 heteroatoms. The third kappa shape index (κ3) is 4.07. The average molecular weight is 171 g/mol. The predicted octanol–water partition coefficient (Wildman–Crippen LogP) is 1.63. The fourth-order valence-electron chi connectivity index (χ4n) is 1.78. The van der Waals surface area contributed by atoms with Crippen LogP contribution in [0.1, 0.15) is 39.0 Å². The molecule has 1 aliphatic rings. The highest BCUT2D eigenvalue weighted by Gasteiger charge is 2.10. The summed E-state index contributed by atoms with van der Waals surface area (Å²) in [7, 11) is 0. The van der Waals surface area contributed by atoms with E-state index in [1.54, 1.807) is 0 Å². The van der Waals surface area contributed by atoms with Crippen molar-refractivity contribution >= 4 is 0 Å². The Kier molecular flexibility index (Phi) is 4.62. The molecule has 0 amide bonds. The van der Waals surface area contributed by atoms with Crippen molar-refractivity contribution in [3.63, 3.8) is 0 Å². The van der Waals surface area contributed by atoms with Crippen molar-refractivity contribution in [3.8, 4) is 0 Å². The lowest BCUT2D eigenvalue weighted by atomic mass is 10.2. The Hall–Kier alpha value is -0.0800. The van der Waals surface area contributed by atoms with Gasteiger partial charge in [-0.1, -0.05) is 0 Å². The quantitative estimate of drug-likeness (QED) is 0.636. The van der Waals surface area contributed by atoms with Gasteiger partial charge >= 0.3 is 0 Å². The largest absolute Gasteiger partial charge is 0.393 e. The second-order valence-electron chi connectivity index (χ2n) is 3.89. The van der Waals surface area contributed by atoms with Gasteiger partial charge in [0.1, 0.15) is 0 Å². The number of unbranched alkanes of at least 4 members (excludes halogenated alkanes) is 1. The molecule has 1 N–H and O–H groups in total. The molecule has 0 aromatic carbocycles. The highest BCUT2D eigenvalue weighted by Crippen LogP contribution is 2.09. The minimum atomic E-state index is -0.108. The van der Waals surface area contributed by atoms with Gasteiger partial charge in [-0.15, -0.1) is 0 Å². The molecule has 0 spiro atoms. The molecule has 0 saturated carbocycles. The summed E-state index contributed by atoms with van der Waals surface area (Å²) in [6, 6.07) is 0. The summed E-state index contributed by atoms with van der Waals surface area (Å²) in [5.74, 6) is 0. The van der Waals surface area contributed by atoms with E-state index < -0.39 is 0 Å². The van der Waals surface area contributed by atoms with Crippen molar-refractivity contribution in [1.29, 1.82) is 0 Å². The van der Waals surface area contributed by atoms with Crippen molar-refractivity contribution in [2.24, 2.45) is 0 Å². The molecule has 0 bridgehead atoms. The van der Waals surface area contributed by atoms with Crippen LogP contribution in [-0.4, -0.2) is 35.7 Å². The summed E-state index contributed by atoms with van der Waals surface area (Å²) in [5, 5.41) is 9.03. The molecule has 72 valence electrons. The summed E-state index contributed by atoms with van der Waals surface area (Å²) < 4.78 is 0.